The number of hydrogen-bond acceptors (Lipinski definition) is 3. The van der Waals surface area contributed by atoms with Crippen LogP contribution in [0.15, 0.2) is 9.32 Å². The predicted octanol–water partition coefficient (Wildman–Crippen LogP) is 1.52. The smallest absolute Gasteiger partial charge is 0.339 e. The van der Waals surface area contributed by atoms with Crippen molar-refractivity contribution in [3.63, 3.8) is 0 Å². The highest BCUT2D eigenvalue weighted by molar-refractivity contribution is 5.20. The fourth-order valence-corrected chi connectivity index (χ4v) is 2.39. The Hall–Kier alpha value is -1.03. The van der Waals surface area contributed by atoms with Gasteiger partial charge in [0, 0.05) is 5.92 Å². The van der Waals surface area contributed by atoms with Gasteiger partial charge < -0.3 is 10.3 Å². The van der Waals surface area contributed by atoms with Gasteiger partial charge in [0.1, 0.15) is 0 Å². The molecule has 2 rings (SSSR count). The molecule has 0 spiro atoms. The summed E-state index contributed by atoms with van der Waals surface area (Å²) in [5.41, 5.74) is 7.11. The normalized spacial score (nSPS) is 17.4. The van der Waals surface area contributed by atoms with E-state index in [1.165, 1.54) is 25.7 Å². The third kappa shape index (κ3) is 2.15. The molecule has 4 nitrogen and oxygen atoms in total. The zero-order valence-electron chi connectivity index (χ0n) is 8.92. The quantitative estimate of drug-likeness (QED) is 0.791. The average Bonchev–Trinajstić information content (AvgIpc) is 2.84. The van der Waals surface area contributed by atoms with Gasteiger partial charge >= 0.3 is 5.63 Å². The minimum absolute atomic E-state index is 0.203. The van der Waals surface area contributed by atoms with Crippen LogP contribution in [0.1, 0.15) is 49.3 Å². The number of rotatable bonds is 4. The van der Waals surface area contributed by atoms with Crippen LogP contribution in [0.25, 0.3) is 0 Å². The molecule has 0 unspecified atom stereocenters. The van der Waals surface area contributed by atoms with Gasteiger partial charge in [-0.1, -0.05) is 12.8 Å². The largest absolute Gasteiger partial charge is 0.360 e. The monoisotopic (exact) mass is 210 g/mol. The Morgan fingerprint density at radius 3 is 2.80 bits per heavy atom. The van der Waals surface area contributed by atoms with E-state index in [-0.39, 0.29) is 5.63 Å². The van der Waals surface area contributed by atoms with Gasteiger partial charge in [0.05, 0.1) is 11.3 Å². The molecule has 0 saturated heterocycles. The Labute approximate surface area is 88.8 Å². The fourth-order valence-electron chi connectivity index (χ4n) is 2.39. The number of aromatic nitrogens is 1. The first-order chi connectivity index (χ1) is 7.33. The summed E-state index contributed by atoms with van der Waals surface area (Å²) >= 11 is 0. The standard InChI is InChI=1S/C11H18N2O2/c12-7-3-6-9-10(13-15-11(9)14)8-4-1-2-5-8/h8,13H,1-7,12H2. The molecule has 0 amide bonds. The Balaban J connectivity index is 2.18. The van der Waals surface area contributed by atoms with Gasteiger partial charge in [0.2, 0.25) is 0 Å². The number of nitrogens with two attached hydrogens (primary N) is 1. The van der Waals surface area contributed by atoms with Crippen LogP contribution in [0.3, 0.4) is 0 Å². The highest BCUT2D eigenvalue weighted by Crippen LogP contribution is 2.34. The van der Waals surface area contributed by atoms with E-state index in [1.54, 1.807) is 0 Å². The van der Waals surface area contributed by atoms with Crippen molar-refractivity contribution in [3.05, 3.63) is 21.7 Å². The summed E-state index contributed by atoms with van der Waals surface area (Å²) in [4.78, 5) is 11.5. The molecule has 0 atom stereocenters. The van der Waals surface area contributed by atoms with Crippen molar-refractivity contribution in [3.8, 4) is 0 Å². The molecule has 0 bridgehead atoms. The van der Waals surface area contributed by atoms with Gasteiger partial charge in [-0.15, -0.1) is 0 Å². The van der Waals surface area contributed by atoms with Crippen molar-refractivity contribution in [2.24, 2.45) is 5.73 Å². The van der Waals surface area contributed by atoms with Gasteiger partial charge in [0.15, 0.2) is 0 Å². The fraction of sp³-hybridized carbons (Fsp3) is 0.727. The van der Waals surface area contributed by atoms with Gasteiger partial charge in [-0.3, -0.25) is 0 Å². The van der Waals surface area contributed by atoms with Gasteiger partial charge in [-0.25, -0.2) is 9.95 Å². The highest BCUT2D eigenvalue weighted by atomic mass is 16.5. The van der Waals surface area contributed by atoms with Crippen molar-refractivity contribution >= 4 is 0 Å². The summed E-state index contributed by atoms with van der Waals surface area (Å²) < 4.78 is 4.88. The third-order valence-electron chi connectivity index (χ3n) is 3.22. The lowest BCUT2D eigenvalue weighted by atomic mass is 9.98. The Kier molecular flexibility index (Phi) is 3.26. The average molecular weight is 210 g/mol. The van der Waals surface area contributed by atoms with Crippen molar-refractivity contribution in [2.75, 3.05) is 6.54 Å². The summed E-state index contributed by atoms with van der Waals surface area (Å²) in [5.74, 6) is 0.504. The maximum Gasteiger partial charge on any atom is 0.360 e. The molecule has 1 aliphatic rings. The topological polar surface area (TPSA) is 72.0 Å². The van der Waals surface area contributed by atoms with E-state index >= 15 is 0 Å². The van der Waals surface area contributed by atoms with Crippen molar-refractivity contribution in [1.29, 1.82) is 0 Å². The molecular formula is C11H18N2O2. The molecule has 1 saturated carbocycles. The summed E-state index contributed by atoms with van der Waals surface area (Å²) in [7, 11) is 0. The predicted molar refractivity (Wildman–Crippen MR) is 57.9 cm³/mol. The van der Waals surface area contributed by atoms with E-state index in [4.69, 9.17) is 10.3 Å². The number of H-pyrrole nitrogens is 1. The first-order valence-electron chi connectivity index (χ1n) is 5.73. The molecule has 0 aromatic carbocycles. The lowest BCUT2D eigenvalue weighted by molar-refractivity contribution is 0.379. The van der Waals surface area contributed by atoms with Crippen LogP contribution in [0.2, 0.25) is 0 Å². The van der Waals surface area contributed by atoms with Gasteiger partial charge in [-0.2, -0.15) is 0 Å². The van der Waals surface area contributed by atoms with E-state index in [2.05, 4.69) is 5.16 Å². The van der Waals surface area contributed by atoms with E-state index in [1.807, 2.05) is 0 Å². The number of nitrogens with one attached hydrogen (secondary N) is 1. The van der Waals surface area contributed by atoms with Crippen LogP contribution < -0.4 is 11.4 Å². The van der Waals surface area contributed by atoms with Crippen molar-refractivity contribution in [2.45, 2.75) is 44.4 Å². The molecule has 15 heavy (non-hydrogen) atoms. The Morgan fingerprint density at radius 1 is 1.40 bits per heavy atom. The Morgan fingerprint density at radius 2 is 2.13 bits per heavy atom. The minimum Gasteiger partial charge on any atom is -0.339 e. The highest BCUT2D eigenvalue weighted by Gasteiger charge is 2.23. The summed E-state index contributed by atoms with van der Waals surface area (Å²) in [6.07, 6.45) is 6.45. The first kappa shape index (κ1) is 10.5. The maximum absolute atomic E-state index is 11.5. The number of aromatic amines is 1. The van der Waals surface area contributed by atoms with Crippen molar-refractivity contribution in [1.82, 2.24) is 5.16 Å². The summed E-state index contributed by atoms with van der Waals surface area (Å²) in [6.45, 7) is 0.620. The Bertz CT molecular complexity index is 361. The summed E-state index contributed by atoms with van der Waals surface area (Å²) in [6, 6.07) is 0. The third-order valence-corrected chi connectivity index (χ3v) is 3.22. The second kappa shape index (κ2) is 4.66. The molecule has 0 aliphatic heterocycles. The van der Waals surface area contributed by atoms with Crippen LogP contribution in [-0.4, -0.2) is 11.7 Å². The molecule has 1 aromatic heterocycles. The minimum atomic E-state index is -0.203. The van der Waals surface area contributed by atoms with E-state index in [0.717, 1.165) is 24.1 Å². The first-order valence-corrected chi connectivity index (χ1v) is 5.73. The molecule has 1 aromatic rings. The van der Waals surface area contributed by atoms with Gasteiger partial charge in [0.25, 0.3) is 0 Å². The van der Waals surface area contributed by atoms with Crippen LogP contribution >= 0.6 is 0 Å². The van der Waals surface area contributed by atoms with E-state index < -0.39 is 0 Å². The molecule has 0 radical (unpaired) electrons. The zero-order valence-corrected chi connectivity index (χ0v) is 8.92. The van der Waals surface area contributed by atoms with Crippen LogP contribution in [0, 0.1) is 0 Å². The molecule has 1 heterocycles. The van der Waals surface area contributed by atoms with E-state index in [0.29, 0.717) is 12.5 Å². The zero-order chi connectivity index (χ0) is 10.7. The molecule has 4 heteroatoms. The van der Waals surface area contributed by atoms with Crippen LogP contribution in [0.4, 0.5) is 0 Å². The van der Waals surface area contributed by atoms with Crippen LogP contribution in [0.5, 0.6) is 0 Å². The number of hydrogen-bond donors (Lipinski definition) is 2. The van der Waals surface area contributed by atoms with E-state index in [9.17, 15) is 4.79 Å². The molecule has 1 fully saturated rings. The molecular weight excluding hydrogens is 192 g/mol. The van der Waals surface area contributed by atoms with Gasteiger partial charge in [-0.05, 0) is 32.2 Å². The molecule has 1 aliphatic carbocycles. The SMILES string of the molecule is NCCCc1c(C2CCCC2)[nH]oc1=O. The maximum atomic E-state index is 11.5. The van der Waals surface area contributed by atoms with Crippen molar-refractivity contribution < 1.29 is 4.52 Å². The van der Waals surface area contributed by atoms with Crippen LogP contribution in [-0.2, 0) is 6.42 Å². The molecule has 84 valence electrons. The second-order valence-electron chi connectivity index (χ2n) is 4.26. The lowest BCUT2D eigenvalue weighted by Gasteiger charge is -2.07. The second-order valence-corrected chi connectivity index (χ2v) is 4.26. The lowest BCUT2D eigenvalue weighted by Crippen LogP contribution is -2.09. The summed E-state index contributed by atoms with van der Waals surface area (Å²) in [5, 5.41) is 2.80. The molecule has 3 N–H and O–H groups in total.